The summed E-state index contributed by atoms with van der Waals surface area (Å²) < 4.78 is 20.8. The molecule has 0 saturated carbocycles. The van der Waals surface area contributed by atoms with E-state index in [1.54, 1.807) is 36.4 Å². The highest BCUT2D eigenvalue weighted by atomic mass is 16.7. The van der Waals surface area contributed by atoms with E-state index in [1.807, 2.05) is 0 Å². The lowest BCUT2D eigenvalue weighted by Crippen LogP contribution is -2.36. The van der Waals surface area contributed by atoms with Crippen molar-refractivity contribution in [2.45, 2.75) is 13.0 Å². The lowest BCUT2D eigenvalue weighted by atomic mass is 10.1. The van der Waals surface area contributed by atoms with Crippen LogP contribution in [-0.2, 0) is 14.3 Å². The fourth-order valence-corrected chi connectivity index (χ4v) is 3.28. The minimum atomic E-state index is -1.18. The van der Waals surface area contributed by atoms with Crippen molar-refractivity contribution in [2.24, 2.45) is 0 Å². The minimum Gasteiger partial charge on any atom is -0.459 e. The van der Waals surface area contributed by atoms with Crippen LogP contribution in [0.25, 0.3) is 0 Å². The molecule has 2 heterocycles. The van der Waals surface area contributed by atoms with E-state index in [2.05, 4.69) is 10.6 Å². The summed E-state index contributed by atoms with van der Waals surface area (Å²) in [6.45, 7) is 0.705. The Bertz CT molecular complexity index is 1220. The number of carbonyl (C=O) groups is 4. The summed E-state index contributed by atoms with van der Waals surface area (Å²) in [7, 11) is 0. The highest BCUT2D eigenvalue weighted by Crippen LogP contribution is 2.37. The van der Waals surface area contributed by atoms with E-state index >= 15 is 0 Å². The predicted octanol–water partition coefficient (Wildman–Crippen LogP) is 2.86. The number of ketones is 1. The van der Waals surface area contributed by atoms with Gasteiger partial charge in [-0.1, -0.05) is 30.3 Å². The van der Waals surface area contributed by atoms with Crippen molar-refractivity contribution >= 4 is 29.3 Å². The maximum atomic E-state index is 12.8. The highest BCUT2D eigenvalue weighted by Gasteiger charge is 2.27. The van der Waals surface area contributed by atoms with E-state index in [1.165, 1.54) is 31.4 Å². The molecule has 10 nitrogen and oxygen atoms in total. The molecule has 0 radical (unpaired) electrons. The number of hydrogen-bond acceptors (Lipinski definition) is 8. The van der Waals surface area contributed by atoms with Crippen LogP contribution in [0.15, 0.2) is 65.3 Å². The van der Waals surface area contributed by atoms with Crippen LogP contribution in [0.4, 0.5) is 5.69 Å². The second kappa shape index (κ2) is 9.90. The van der Waals surface area contributed by atoms with Gasteiger partial charge in [-0.05, 0) is 30.7 Å². The number of hydrogen-bond donors (Lipinski definition) is 2. The second-order valence-electron chi connectivity index (χ2n) is 7.26. The van der Waals surface area contributed by atoms with Gasteiger partial charge in [-0.15, -0.1) is 0 Å². The topological polar surface area (TPSA) is 133 Å². The van der Waals surface area contributed by atoms with Gasteiger partial charge in [0, 0.05) is 11.6 Å². The van der Waals surface area contributed by atoms with Gasteiger partial charge in [-0.2, -0.15) is 0 Å². The van der Waals surface area contributed by atoms with Crippen LogP contribution in [-0.4, -0.2) is 37.0 Å². The standard InChI is InChI=1S/C24H20N2O8/c1-14(27)16-10-19-20(34-13-33-19)11-17(16)25-21(28)12-32-24(30)22(15-6-3-2-4-7-15)26-23(29)18-8-5-9-31-18/h2-11,22H,12-13H2,1H3,(H,25,28)(H,26,29). The summed E-state index contributed by atoms with van der Waals surface area (Å²) in [5.74, 6) is -1.65. The number of rotatable bonds is 8. The van der Waals surface area contributed by atoms with Gasteiger partial charge in [0.15, 0.2) is 35.7 Å². The Morgan fingerprint density at radius 2 is 1.74 bits per heavy atom. The molecule has 1 atom stereocenters. The molecule has 2 N–H and O–H groups in total. The average Bonchev–Trinajstić information content (AvgIpc) is 3.53. The monoisotopic (exact) mass is 464 g/mol. The minimum absolute atomic E-state index is 0.00624. The molecule has 174 valence electrons. The quantitative estimate of drug-likeness (QED) is 0.384. The van der Waals surface area contributed by atoms with Gasteiger partial charge in [0.25, 0.3) is 11.8 Å². The summed E-state index contributed by atoms with van der Waals surface area (Å²) in [6.07, 6.45) is 1.33. The van der Waals surface area contributed by atoms with E-state index in [0.29, 0.717) is 17.1 Å². The Hall–Kier alpha value is -4.60. The zero-order valence-corrected chi connectivity index (χ0v) is 18.0. The molecule has 2 aromatic carbocycles. The van der Waals surface area contributed by atoms with Gasteiger partial charge < -0.3 is 29.3 Å². The SMILES string of the molecule is CC(=O)c1cc2c(cc1NC(=O)COC(=O)C(NC(=O)c1ccco1)c1ccccc1)OCO2. The van der Waals surface area contributed by atoms with Crippen LogP contribution in [0.5, 0.6) is 11.5 Å². The number of ether oxygens (including phenoxy) is 3. The van der Waals surface area contributed by atoms with Gasteiger partial charge >= 0.3 is 5.97 Å². The summed E-state index contributed by atoms with van der Waals surface area (Å²) >= 11 is 0. The zero-order valence-electron chi connectivity index (χ0n) is 18.0. The zero-order chi connectivity index (χ0) is 24.1. The van der Waals surface area contributed by atoms with Gasteiger partial charge in [0.05, 0.1) is 12.0 Å². The fraction of sp³-hybridized carbons (Fsp3) is 0.167. The molecule has 1 aliphatic heterocycles. The summed E-state index contributed by atoms with van der Waals surface area (Å²) in [5, 5.41) is 5.09. The van der Waals surface area contributed by atoms with Crippen molar-refractivity contribution in [3.63, 3.8) is 0 Å². The first-order valence-corrected chi connectivity index (χ1v) is 10.2. The normalized spacial score (nSPS) is 12.5. The van der Waals surface area contributed by atoms with Crippen molar-refractivity contribution in [3.05, 3.63) is 77.7 Å². The third kappa shape index (κ3) is 5.07. The Labute approximate surface area is 193 Å². The van der Waals surface area contributed by atoms with E-state index in [-0.39, 0.29) is 29.6 Å². The molecule has 0 fully saturated rings. The third-order valence-corrected chi connectivity index (χ3v) is 4.90. The Kier molecular flexibility index (Phi) is 6.58. The molecule has 10 heteroatoms. The first kappa shape index (κ1) is 22.6. The molecule has 0 aliphatic carbocycles. The molecule has 1 unspecified atom stereocenters. The lowest BCUT2D eigenvalue weighted by Gasteiger charge is -2.17. The first-order chi connectivity index (χ1) is 16.4. The number of esters is 1. The van der Waals surface area contributed by atoms with Crippen LogP contribution < -0.4 is 20.1 Å². The van der Waals surface area contributed by atoms with Crippen LogP contribution in [0, 0.1) is 0 Å². The van der Waals surface area contributed by atoms with Crippen LogP contribution in [0.2, 0.25) is 0 Å². The number of Topliss-reactive ketones (excluding diaryl/α,β-unsaturated/α-hetero) is 1. The molecule has 0 bridgehead atoms. The Morgan fingerprint density at radius 3 is 2.41 bits per heavy atom. The van der Waals surface area contributed by atoms with Crippen molar-refractivity contribution in [2.75, 3.05) is 18.7 Å². The molecule has 1 aliphatic rings. The molecular weight excluding hydrogens is 444 g/mol. The number of anilines is 1. The number of nitrogens with one attached hydrogen (secondary N) is 2. The number of fused-ring (bicyclic) bond motifs is 1. The van der Waals surface area contributed by atoms with Crippen molar-refractivity contribution in [1.82, 2.24) is 5.32 Å². The highest BCUT2D eigenvalue weighted by molar-refractivity contribution is 6.05. The Balaban J connectivity index is 1.44. The van der Waals surface area contributed by atoms with Crippen molar-refractivity contribution < 1.29 is 37.8 Å². The predicted molar refractivity (Wildman–Crippen MR) is 118 cm³/mol. The summed E-state index contributed by atoms with van der Waals surface area (Å²) in [6, 6.07) is 13.2. The first-order valence-electron chi connectivity index (χ1n) is 10.2. The van der Waals surface area contributed by atoms with Crippen molar-refractivity contribution in [3.8, 4) is 11.5 Å². The average molecular weight is 464 g/mol. The maximum Gasteiger partial charge on any atom is 0.333 e. The maximum absolute atomic E-state index is 12.8. The Morgan fingerprint density at radius 1 is 1.00 bits per heavy atom. The van der Waals surface area contributed by atoms with E-state index in [0.717, 1.165) is 0 Å². The second-order valence-corrected chi connectivity index (χ2v) is 7.26. The van der Waals surface area contributed by atoms with E-state index in [9.17, 15) is 19.2 Å². The number of amides is 2. The fourth-order valence-electron chi connectivity index (χ4n) is 3.28. The third-order valence-electron chi connectivity index (χ3n) is 4.90. The molecule has 0 saturated heterocycles. The molecule has 34 heavy (non-hydrogen) atoms. The van der Waals surface area contributed by atoms with Crippen molar-refractivity contribution in [1.29, 1.82) is 0 Å². The lowest BCUT2D eigenvalue weighted by molar-refractivity contribution is -0.149. The van der Waals surface area contributed by atoms with Gasteiger partial charge in [-0.3, -0.25) is 14.4 Å². The molecule has 0 spiro atoms. The van der Waals surface area contributed by atoms with E-state index < -0.39 is 30.4 Å². The molecule has 1 aromatic heterocycles. The van der Waals surface area contributed by atoms with Crippen LogP contribution in [0.3, 0.4) is 0 Å². The van der Waals surface area contributed by atoms with Gasteiger partial charge in [0.1, 0.15) is 0 Å². The largest absolute Gasteiger partial charge is 0.459 e. The molecule has 4 rings (SSSR count). The molecular formula is C24H20N2O8. The smallest absolute Gasteiger partial charge is 0.333 e. The number of carbonyl (C=O) groups excluding carboxylic acids is 4. The van der Waals surface area contributed by atoms with Gasteiger partial charge in [0.2, 0.25) is 6.79 Å². The van der Waals surface area contributed by atoms with Crippen LogP contribution >= 0.6 is 0 Å². The number of benzene rings is 2. The van der Waals surface area contributed by atoms with Crippen LogP contribution in [0.1, 0.15) is 39.4 Å². The molecule has 2 amide bonds. The van der Waals surface area contributed by atoms with Gasteiger partial charge in [-0.25, -0.2) is 4.79 Å². The number of furan rings is 1. The summed E-state index contributed by atoms with van der Waals surface area (Å²) in [4.78, 5) is 49.7. The van der Waals surface area contributed by atoms with E-state index in [4.69, 9.17) is 18.6 Å². The molecule has 3 aromatic rings. The summed E-state index contributed by atoms with van der Waals surface area (Å²) in [5.41, 5.74) is 0.878.